The summed E-state index contributed by atoms with van der Waals surface area (Å²) in [6, 6.07) is 12.7. The summed E-state index contributed by atoms with van der Waals surface area (Å²) < 4.78 is 14.9. The van der Waals surface area contributed by atoms with Crippen LogP contribution in [0.25, 0.3) is 22.3 Å². The molecule has 178 valence electrons. The number of piperazine rings is 1. The molecule has 1 aliphatic rings. The molecule has 0 spiro atoms. The van der Waals surface area contributed by atoms with Crippen molar-refractivity contribution in [1.82, 2.24) is 25.1 Å². The number of nitrogens with zero attached hydrogens (tertiary/aromatic N) is 5. The van der Waals surface area contributed by atoms with Gasteiger partial charge >= 0.3 is 0 Å². The number of nitrogens with one attached hydrogen (secondary N) is 2. The standard InChI is InChI=1S/C26H26FN7O/c1-3-20(35)13-17-7-8-23(27)21(14-17)24-22-16-28-32-25(22)31-26(30-24)29-18-5-4-6-19(15-18)34-11-9-33(2)10-12-34/h3-8,14-16H,1,9-13H2,2H3,(H2,28,29,30,31,32). The van der Waals surface area contributed by atoms with Crippen molar-refractivity contribution in [1.29, 1.82) is 0 Å². The third-order valence-electron chi connectivity index (χ3n) is 6.17. The fourth-order valence-corrected chi connectivity index (χ4v) is 4.21. The highest BCUT2D eigenvalue weighted by Gasteiger charge is 2.18. The molecular weight excluding hydrogens is 445 g/mol. The summed E-state index contributed by atoms with van der Waals surface area (Å²) >= 11 is 0. The molecule has 2 N–H and O–H groups in total. The number of rotatable bonds is 7. The number of aromatic nitrogens is 4. The van der Waals surface area contributed by atoms with Crippen LogP contribution in [-0.4, -0.2) is 64.1 Å². The maximum Gasteiger partial charge on any atom is 0.229 e. The number of hydrogen-bond donors (Lipinski definition) is 2. The van der Waals surface area contributed by atoms with Crippen LogP contribution in [0.3, 0.4) is 0 Å². The molecule has 2 aromatic heterocycles. The van der Waals surface area contributed by atoms with E-state index >= 15 is 0 Å². The molecule has 2 aromatic carbocycles. The van der Waals surface area contributed by atoms with Gasteiger partial charge in [-0.3, -0.25) is 9.89 Å². The quantitative estimate of drug-likeness (QED) is 0.395. The topological polar surface area (TPSA) is 90.0 Å². The van der Waals surface area contributed by atoms with Crippen LogP contribution in [0.1, 0.15) is 5.56 Å². The molecule has 0 bridgehead atoms. The van der Waals surface area contributed by atoms with Crippen LogP contribution in [0.15, 0.2) is 61.3 Å². The zero-order valence-corrected chi connectivity index (χ0v) is 19.5. The lowest BCUT2D eigenvalue weighted by atomic mass is 10.0. The summed E-state index contributed by atoms with van der Waals surface area (Å²) in [5, 5.41) is 10.8. The van der Waals surface area contributed by atoms with Gasteiger partial charge in [0, 0.05) is 49.5 Å². The summed E-state index contributed by atoms with van der Waals surface area (Å²) in [4.78, 5) is 25.7. The summed E-state index contributed by atoms with van der Waals surface area (Å²) in [6.07, 6.45) is 2.98. The van der Waals surface area contributed by atoms with E-state index in [9.17, 15) is 9.18 Å². The summed E-state index contributed by atoms with van der Waals surface area (Å²) in [5.74, 6) is -0.260. The Morgan fingerprint density at radius 1 is 1.17 bits per heavy atom. The first-order valence-electron chi connectivity index (χ1n) is 11.5. The first-order valence-corrected chi connectivity index (χ1v) is 11.5. The normalized spacial score (nSPS) is 14.3. The zero-order chi connectivity index (χ0) is 24.4. The molecule has 35 heavy (non-hydrogen) atoms. The molecule has 1 saturated heterocycles. The monoisotopic (exact) mass is 471 g/mol. The molecule has 5 rings (SSSR count). The molecule has 3 heterocycles. The van der Waals surface area contributed by atoms with Gasteiger partial charge in [0.05, 0.1) is 17.3 Å². The second kappa shape index (κ2) is 9.63. The van der Waals surface area contributed by atoms with Crippen molar-refractivity contribution in [3.8, 4) is 11.3 Å². The summed E-state index contributed by atoms with van der Waals surface area (Å²) in [5.41, 5.74) is 3.79. The second-order valence-electron chi connectivity index (χ2n) is 8.66. The van der Waals surface area contributed by atoms with Crippen LogP contribution < -0.4 is 10.2 Å². The summed E-state index contributed by atoms with van der Waals surface area (Å²) in [6.45, 7) is 7.47. The molecule has 9 heteroatoms. The van der Waals surface area contributed by atoms with Gasteiger partial charge in [-0.1, -0.05) is 18.7 Å². The van der Waals surface area contributed by atoms with E-state index in [-0.39, 0.29) is 17.8 Å². The van der Waals surface area contributed by atoms with Gasteiger partial charge in [0.1, 0.15) is 5.82 Å². The number of H-pyrrole nitrogens is 1. The molecule has 0 amide bonds. The average Bonchev–Trinajstić information content (AvgIpc) is 3.34. The molecule has 0 atom stereocenters. The van der Waals surface area contributed by atoms with Crippen molar-refractivity contribution in [2.45, 2.75) is 6.42 Å². The van der Waals surface area contributed by atoms with Gasteiger partial charge in [0.2, 0.25) is 5.95 Å². The van der Waals surface area contributed by atoms with Gasteiger partial charge in [0.15, 0.2) is 11.4 Å². The molecule has 0 aliphatic carbocycles. The van der Waals surface area contributed by atoms with E-state index in [2.05, 4.69) is 61.0 Å². The number of likely N-dealkylation sites (N-methyl/N-ethyl adjacent to an activating group) is 1. The maximum absolute atomic E-state index is 14.9. The Kier molecular flexibility index (Phi) is 6.24. The first-order chi connectivity index (χ1) is 17.0. The van der Waals surface area contributed by atoms with Crippen molar-refractivity contribution in [3.05, 3.63) is 72.7 Å². The van der Waals surface area contributed by atoms with E-state index in [1.54, 1.807) is 18.3 Å². The van der Waals surface area contributed by atoms with Crippen LogP contribution in [-0.2, 0) is 11.2 Å². The number of anilines is 3. The predicted octanol–water partition coefficient (Wildman–Crippen LogP) is 3.95. The largest absolute Gasteiger partial charge is 0.369 e. The first kappa shape index (κ1) is 22.7. The molecule has 0 unspecified atom stereocenters. The fraction of sp³-hybridized carbons (Fsp3) is 0.231. The molecule has 0 radical (unpaired) electrons. The Morgan fingerprint density at radius 3 is 2.80 bits per heavy atom. The second-order valence-corrected chi connectivity index (χ2v) is 8.66. The van der Waals surface area contributed by atoms with Crippen LogP contribution in [0.2, 0.25) is 0 Å². The minimum atomic E-state index is -0.441. The highest BCUT2D eigenvalue weighted by Crippen LogP contribution is 2.31. The molecule has 1 fully saturated rings. The lowest BCUT2D eigenvalue weighted by Crippen LogP contribution is -2.44. The Hall–Kier alpha value is -4.11. The average molecular weight is 472 g/mol. The number of fused-ring (bicyclic) bond motifs is 1. The van der Waals surface area contributed by atoms with Crippen molar-refractivity contribution < 1.29 is 9.18 Å². The van der Waals surface area contributed by atoms with E-state index in [1.807, 2.05) is 12.1 Å². The minimum Gasteiger partial charge on any atom is -0.369 e. The van der Waals surface area contributed by atoms with E-state index in [4.69, 9.17) is 0 Å². The van der Waals surface area contributed by atoms with Gasteiger partial charge in [-0.15, -0.1) is 0 Å². The number of allylic oxidation sites excluding steroid dienone is 1. The number of carbonyl (C=O) groups is 1. The van der Waals surface area contributed by atoms with E-state index < -0.39 is 5.82 Å². The van der Waals surface area contributed by atoms with Crippen LogP contribution >= 0.6 is 0 Å². The minimum absolute atomic E-state index is 0.138. The third kappa shape index (κ3) is 4.90. The number of hydrogen-bond acceptors (Lipinski definition) is 7. The Balaban J connectivity index is 1.48. The van der Waals surface area contributed by atoms with Gasteiger partial charge in [-0.05, 0) is 49.0 Å². The zero-order valence-electron chi connectivity index (χ0n) is 19.5. The van der Waals surface area contributed by atoms with Crippen LogP contribution in [0.4, 0.5) is 21.7 Å². The lowest BCUT2D eigenvalue weighted by molar-refractivity contribution is -0.114. The predicted molar refractivity (Wildman–Crippen MR) is 135 cm³/mol. The highest BCUT2D eigenvalue weighted by molar-refractivity contribution is 5.93. The smallest absolute Gasteiger partial charge is 0.229 e. The number of halogens is 1. The van der Waals surface area contributed by atoms with Gasteiger partial charge < -0.3 is 15.1 Å². The molecular formula is C26H26FN7O. The third-order valence-corrected chi connectivity index (χ3v) is 6.17. The lowest BCUT2D eigenvalue weighted by Gasteiger charge is -2.34. The SMILES string of the molecule is C=CC(=O)Cc1ccc(F)c(-c2nc(Nc3cccc(N4CCN(C)CC4)c3)nc3[nH]ncc23)c1. The maximum atomic E-state index is 14.9. The van der Waals surface area contributed by atoms with Crippen molar-refractivity contribution in [2.24, 2.45) is 0 Å². The van der Waals surface area contributed by atoms with Crippen LogP contribution in [0, 0.1) is 5.82 Å². The fourth-order valence-electron chi connectivity index (χ4n) is 4.21. The number of ketones is 1. The van der Waals surface area contributed by atoms with E-state index in [1.165, 1.54) is 12.1 Å². The molecule has 4 aromatic rings. The Morgan fingerprint density at radius 2 is 2.00 bits per heavy atom. The molecule has 1 aliphatic heterocycles. The van der Waals surface area contributed by atoms with Crippen molar-refractivity contribution >= 4 is 34.1 Å². The molecule has 0 saturated carbocycles. The number of aromatic amines is 1. The van der Waals surface area contributed by atoms with Crippen molar-refractivity contribution in [2.75, 3.05) is 43.4 Å². The van der Waals surface area contributed by atoms with Gasteiger partial charge in [0.25, 0.3) is 0 Å². The van der Waals surface area contributed by atoms with E-state index in [0.29, 0.717) is 28.2 Å². The van der Waals surface area contributed by atoms with Crippen LogP contribution in [0.5, 0.6) is 0 Å². The number of carbonyl (C=O) groups excluding carboxylic acids is 1. The van der Waals surface area contributed by atoms with Gasteiger partial charge in [-0.2, -0.15) is 10.1 Å². The molecule has 8 nitrogen and oxygen atoms in total. The van der Waals surface area contributed by atoms with Gasteiger partial charge in [-0.25, -0.2) is 9.37 Å². The Labute approximate surface area is 202 Å². The van der Waals surface area contributed by atoms with E-state index in [0.717, 1.165) is 37.6 Å². The number of benzene rings is 2. The highest BCUT2D eigenvalue weighted by atomic mass is 19.1. The Bertz CT molecular complexity index is 1390. The van der Waals surface area contributed by atoms with Crippen molar-refractivity contribution in [3.63, 3.8) is 0 Å². The summed E-state index contributed by atoms with van der Waals surface area (Å²) in [7, 11) is 2.13.